The molecule has 0 aliphatic carbocycles. The van der Waals surface area contributed by atoms with Crippen molar-refractivity contribution >= 4 is 7.48 Å². The van der Waals surface area contributed by atoms with Gasteiger partial charge in [-0.1, -0.05) is 27.2 Å². The molecule has 1 radical (unpaired) electrons. The number of aliphatic hydroxyl groups is 1. The van der Waals surface area contributed by atoms with E-state index in [1.165, 1.54) is 0 Å². The second-order valence-electron chi connectivity index (χ2n) is 5.65. The van der Waals surface area contributed by atoms with Crippen LogP contribution in [0.4, 0.5) is 0 Å². The maximum absolute atomic E-state index is 9.87. The van der Waals surface area contributed by atoms with Crippen LogP contribution in [0.15, 0.2) is 0 Å². The van der Waals surface area contributed by atoms with E-state index >= 15 is 0 Å². The summed E-state index contributed by atoms with van der Waals surface area (Å²) in [6.07, 6.45) is 1.02. The third-order valence-electron chi connectivity index (χ3n) is 3.06. The number of hydrogen-bond donors (Lipinski definition) is 1. The molecule has 83 valence electrons. The van der Waals surface area contributed by atoms with E-state index in [1.807, 2.05) is 21.3 Å². The quantitative estimate of drug-likeness (QED) is 0.690. The highest BCUT2D eigenvalue weighted by Crippen LogP contribution is 2.31. The van der Waals surface area contributed by atoms with E-state index in [1.54, 1.807) is 13.8 Å². The SMILES string of the molecule is CCC(C)(C)[B]OC(C)(C)C(C)(C)O. The van der Waals surface area contributed by atoms with Gasteiger partial charge in [-0.15, -0.1) is 0 Å². The van der Waals surface area contributed by atoms with Gasteiger partial charge in [-0.3, -0.25) is 0 Å². The third-order valence-corrected chi connectivity index (χ3v) is 3.06. The van der Waals surface area contributed by atoms with Gasteiger partial charge in [0, 0.05) is 0 Å². The van der Waals surface area contributed by atoms with Crippen molar-refractivity contribution in [1.82, 2.24) is 0 Å². The van der Waals surface area contributed by atoms with E-state index in [9.17, 15) is 5.11 Å². The second-order valence-corrected chi connectivity index (χ2v) is 5.65. The maximum Gasteiger partial charge on any atom is 0.299 e. The van der Waals surface area contributed by atoms with Crippen LogP contribution < -0.4 is 0 Å². The first-order chi connectivity index (χ1) is 6.02. The Morgan fingerprint density at radius 3 is 1.79 bits per heavy atom. The first-order valence-corrected chi connectivity index (χ1v) is 5.26. The van der Waals surface area contributed by atoms with Crippen LogP contribution in [-0.4, -0.2) is 23.8 Å². The summed E-state index contributed by atoms with van der Waals surface area (Å²) < 4.78 is 5.67. The Morgan fingerprint density at radius 1 is 1.07 bits per heavy atom. The van der Waals surface area contributed by atoms with Gasteiger partial charge in [-0.25, -0.2) is 0 Å². The average molecular weight is 199 g/mol. The minimum Gasteiger partial charge on any atom is -0.432 e. The van der Waals surface area contributed by atoms with E-state index in [-0.39, 0.29) is 5.31 Å². The van der Waals surface area contributed by atoms with E-state index in [4.69, 9.17) is 4.65 Å². The van der Waals surface area contributed by atoms with Crippen molar-refractivity contribution in [3.05, 3.63) is 0 Å². The Balaban J connectivity index is 4.27. The van der Waals surface area contributed by atoms with Crippen molar-refractivity contribution in [2.24, 2.45) is 0 Å². The van der Waals surface area contributed by atoms with Crippen molar-refractivity contribution < 1.29 is 9.76 Å². The molecule has 0 aliphatic heterocycles. The molecule has 0 aromatic rings. The van der Waals surface area contributed by atoms with Crippen molar-refractivity contribution in [1.29, 1.82) is 0 Å². The summed E-state index contributed by atoms with van der Waals surface area (Å²) in [5.41, 5.74) is -1.40. The molecule has 0 spiro atoms. The van der Waals surface area contributed by atoms with E-state index < -0.39 is 11.2 Å². The summed E-state index contributed by atoms with van der Waals surface area (Å²) >= 11 is 0. The standard InChI is InChI=1S/C11H24BO2/c1-8-9(2,3)12-14-11(6,7)10(4,5)13/h13H,8H2,1-7H3. The smallest absolute Gasteiger partial charge is 0.299 e. The molecule has 0 fully saturated rings. The highest BCUT2D eigenvalue weighted by atomic mass is 16.5. The normalized spacial score (nSPS) is 14.3. The van der Waals surface area contributed by atoms with Gasteiger partial charge in [0.15, 0.2) is 0 Å². The van der Waals surface area contributed by atoms with Crippen LogP contribution >= 0.6 is 0 Å². The molecular formula is C11H24BO2. The fourth-order valence-electron chi connectivity index (χ4n) is 0.534. The zero-order valence-electron chi connectivity index (χ0n) is 10.6. The van der Waals surface area contributed by atoms with Crippen molar-refractivity contribution in [2.75, 3.05) is 0 Å². The summed E-state index contributed by atoms with van der Waals surface area (Å²) in [5.74, 6) is 0. The second kappa shape index (κ2) is 4.24. The predicted molar refractivity (Wildman–Crippen MR) is 61.5 cm³/mol. The molecule has 0 saturated heterocycles. The van der Waals surface area contributed by atoms with E-state index in [0.29, 0.717) is 0 Å². The number of hydrogen-bond acceptors (Lipinski definition) is 2. The van der Waals surface area contributed by atoms with Gasteiger partial charge in [0.2, 0.25) is 0 Å². The maximum atomic E-state index is 9.87. The van der Waals surface area contributed by atoms with Gasteiger partial charge in [0.25, 0.3) is 7.48 Å². The van der Waals surface area contributed by atoms with Crippen molar-refractivity contribution in [3.8, 4) is 0 Å². The summed E-state index contributed by atoms with van der Waals surface area (Å²) in [4.78, 5) is 0. The Labute approximate surface area is 89.3 Å². The molecule has 0 aromatic carbocycles. The third kappa shape index (κ3) is 4.01. The van der Waals surface area contributed by atoms with Gasteiger partial charge in [0.05, 0.1) is 11.2 Å². The molecule has 0 amide bonds. The Kier molecular flexibility index (Phi) is 4.23. The van der Waals surface area contributed by atoms with Crippen LogP contribution in [-0.2, 0) is 4.65 Å². The molecule has 0 atom stereocenters. The van der Waals surface area contributed by atoms with Crippen LogP contribution in [0.5, 0.6) is 0 Å². The van der Waals surface area contributed by atoms with E-state index in [2.05, 4.69) is 20.8 Å². The topological polar surface area (TPSA) is 29.5 Å². The first-order valence-electron chi connectivity index (χ1n) is 5.26. The fraction of sp³-hybridized carbons (Fsp3) is 1.00. The summed E-state index contributed by atoms with van der Waals surface area (Å²) in [5, 5.41) is 9.93. The fourth-order valence-corrected chi connectivity index (χ4v) is 0.534. The number of rotatable bonds is 5. The van der Waals surface area contributed by atoms with Crippen LogP contribution in [0, 0.1) is 0 Å². The highest BCUT2D eigenvalue weighted by molar-refractivity contribution is 6.32. The molecule has 0 aliphatic rings. The molecule has 14 heavy (non-hydrogen) atoms. The molecular weight excluding hydrogens is 175 g/mol. The molecule has 1 N–H and O–H groups in total. The van der Waals surface area contributed by atoms with Gasteiger partial charge in [-0.05, 0) is 33.0 Å². The minimum atomic E-state index is -0.840. The molecule has 0 rings (SSSR count). The minimum absolute atomic E-state index is 0.0581. The lowest BCUT2D eigenvalue weighted by molar-refractivity contribution is -0.0918. The van der Waals surface area contributed by atoms with Gasteiger partial charge in [-0.2, -0.15) is 0 Å². The Hall–Kier alpha value is -0.0151. The molecule has 0 unspecified atom stereocenters. The first kappa shape index (κ1) is 14.0. The van der Waals surface area contributed by atoms with Gasteiger partial charge >= 0.3 is 0 Å². The summed E-state index contributed by atoms with van der Waals surface area (Å²) in [6.45, 7) is 13.7. The molecule has 0 saturated carbocycles. The molecule has 0 aromatic heterocycles. The monoisotopic (exact) mass is 199 g/mol. The lowest BCUT2D eigenvalue weighted by atomic mass is 9.64. The molecule has 3 heteroatoms. The Bertz CT molecular complexity index is 180. The lowest BCUT2D eigenvalue weighted by Gasteiger charge is -2.39. The highest BCUT2D eigenvalue weighted by Gasteiger charge is 2.37. The zero-order valence-corrected chi connectivity index (χ0v) is 10.6. The van der Waals surface area contributed by atoms with Crippen LogP contribution in [0.1, 0.15) is 54.9 Å². The molecule has 0 bridgehead atoms. The van der Waals surface area contributed by atoms with Crippen molar-refractivity contribution in [3.63, 3.8) is 0 Å². The molecule has 0 heterocycles. The zero-order chi connectivity index (χ0) is 11.6. The van der Waals surface area contributed by atoms with Crippen LogP contribution in [0.25, 0.3) is 0 Å². The van der Waals surface area contributed by atoms with Gasteiger partial charge in [0.1, 0.15) is 0 Å². The summed E-state index contributed by atoms with van der Waals surface area (Å²) in [7, 11) is 1.84. The summed E-state index contributed by atoms with van der Waals surface area (Å²) in [6, 6.07) is 0. The van der Waals surface area contributed by atoms with E-state index in [0.717, 1.165) is 6.42 Å². The largest absolute Gasteiger partial charge is 0.432 e. The van der Waals surface area contributed by atoms with Crippen LogP contribution in [0.2, 0.25) is 5.31 Å². The van der Waals surface area contributed by atoms with Crippen molar-refractivity contribution in [2.45, 2.75) is 71.4 Å². The van der Waals surface area contributed by atoms with Gasteiger partial charge < -0.3 is 9.76 Å². The average Bonchev–Trinajstić information content (AvgIpc) is 1.99. The van der Waals surface area contributed by atoms with Crippen LogP contribution in [0.3, 0.4) is 0 Å². The lowest BCUT2D eigenvalue weighted by Crippen LogP contribution is -2.48. The predicted octanol–water partition coefficient (Wildman–Crippen LogP) is 2.78. The molecule has 2 nitrogen and oxygen atoms in total. The Morgan fingerprint density at radius 2 is 1.50 bits per heavy atom.